The van der Waals surface area contributed by atoms with E-state index in [9.17, 15) is 4.79 Å². The van der Waals surface area contributed by atoms with Gasteiger partial charge in [-0.1, -0.05) is 0 Å². The molecule has 1 aromatic rings. The number of nitrogens with one attached hydrogen (secondary N) is 1. The number of aromatic nitrogens is 2. The second-order valence-electron chi connectivity index (χ2n) is 5.68. The number of aryl methyl sites for hydroxylation is 1. The Morgan fingerprint density at radius 1 is 1.42 bits per heavy atom. The lowest BCUT2D eigenvalue weighted by atomic mass is 10.2. The molecule has 19 heavy (non-hydrogen) atoms. The van der Waals surface area contributed by atoms with Crippen LogP contribution in [0.15, 0.2) is 6.33 Å². The summed E-state index contributed by atoms with van der Waals surface area (Å²) >= 11 is 0. The van der Waals surface area contributed by atoms with Crippen LogP contribution in [0.1, 0.15) is 30.7 Å². The number of aromatic amines is 1. The fraction of sp³-hybridized carbons (Fsp3) is 0.714. The smallest absolute Gasteiger partial charge is 0.228 e. The molecule has 0 saturated carbocycles. The summed E-state index contributed by atoms with van der Waals surface area (Å²) in [5, 5.41) is 0. The Hall–Kier alpha value is -1.36. The van der Waals surface area contributed by atoms with Crippen molar-refractivity contribution >= 4 is 5.91 Å². The lowest BCUT2D eigenvalue weighted by Crippen LogP contribution is -2.37. The van der Waals surface area contributed by atoms with Crippen LogP contribution in [0.4, 0.5) is 0 Å². The number of rotatable bonds is 3. The average Bonchev–Trinajstić information content (AvgIpc) is 3.09. The van der Waals surface area contributed by atoms with E-state index in [-0.39, 0.29) is 5.91 Å². The van der Waals surface area contributed by atoms with Crippen molar-refractivity contribution in [3.05, 3.63) is 17.7 Å². The van der Waals surface area contributed by atoms with Gasteiger partial charge < -0.3 is 9.88 Å². The molecule has 0 radical (unpaired) electrons. The van der Waals surface area contributed by atoms with Crippen LogP contribution in [0, 0.1) is 6.92 Å². The standard InChI is InChI=1S/C14H22N4O/c1-11-13(16-10-15-11)8-14(19)18-7-4-12(9-18)17-5-2-3-6-17/h10,12H,2-9H2,1H3,(H,15,16). The zero-order valence-electron chi connectivity index (χ0n) is 11.6. The molecule has 5 nitrogen and oxygen atoms in total. The molecule has 1 aromatic heterocycles. The number of likely N-dealkylation sites (tertiary alicyclic amines) is 2. The highest BCUT2D eigenvalue weighted by Gasteiger charge is 2.31. The van der Waals surface area contributed by atoms with Crippen LogP contribution in [0.3, 0.4) is 0 Å². The van der Waals surface area contributed by atoms with Crippen molar-refractivity contribution in [2.75, 3.05) is 26.2 Å². The Balaban J connectivity index is 1.55. The van der Waals surface area contributed by atoms with Crippen LogP contribution in [0.5, 0.6) is 0 Å². The van der Waals surface area contributed by atoms with E-state index in [2.05, 4.69) is 14.9 Å². The van der Waals surface area contributed by atoms with E-state index in [4.69, 9.17) is 0 Å². The van der Waals surface area contributed by atoms with Gasteiger partial charge in [0.1, 0.15) is 0 Å². The van der Waals surface area contributed by atoms with Gasteiger partial charge in [0.15, 0.2) is 0 Å². The van der Waals surface area contributed by atoms with Gasteiger partial charge >= 0.3 is 0 Å². The Morgan fingerprint density at radius 3 is 2.89 bits per heavy atom. The maximum absolute atomic E-state index is 12.3. The number of hydrogen-bond acceptors (Lipinski definition) is 3. The Bertz CT molecular complexity index is 450. The van der Waals surface area contributed by atoms with Crippen molar-refractivity contribution in [3.63, 3.8) is 0 Å². The van der Waals surface area contributed by atoms with Gasteiger partial charge in [0.25, 0.3) is 0 Å². The predicted molar refractivity (Wildman–Crippen MR) is 72.8 cm³/mol. The Labute approximate surface area is 114 Å². The highest BCUT2D eigenvalue weighted by Crippen LogP contribution is 2.21. The molecule has 3 rings (SSSR count). The first kappa shape index (κ1) is 12.7. The van der Waals surface area contributed by atoms with Crippen LogP contribution in [0.2, 0.25) is 0 Å². The van der Waals surface area contributed by atoms with Crippen molar-refractivity contribution in [1.29, 1.82) is 0 Å². The zero-order valence-corrected chi connectivity index (χ0v) is 11.6. The van der Waals surface area contributed by atoms with E-state index in [0.717, 1.165) is 30.9 Å². The molecule has 2 saturated heterocycles. The van der Waals surface area contributed by atoms with Crippen LogP contribution in [-0.4, -0.2) is 57.9 Å². The van der Waals surface area contributed by atoms with Crippen molar-refractivity contribution in [1.82, 2.24) is 19.8 Å². The van der Waals surface area contributed by atoms with E-state index in [1.807, 2.05) is 11.8 Å². The molecule has 2 aliphatic rings. The molecule has 1 N–H and O–H groups in total. The Kier molecular flexibility index (Phi) is 3.55. The van der Waals surface area contributed by atoms with E-state index in [1.54, 1.807) is 6.33 Å². The molecule has 1 atom stereocenters. The Morgan fingerprint density at radius 2 is 2.21 bits per heavy atom. The molecule has 2 aliphatic heterocycles. The van der Waals surface area contributed by atoms with Gasteiger partial charge in [-0.15, -0.1) is 0 Å². The molecule has 1 unspecified atom stereocenters. The molecule has 0 aliphatic carbocycles. The van der Waals surface area contributed by atoms with E-state index < -0.39 is 0 Å². The monoisotopic (exact) mass is 262 g/mol. The summed E-state index contributed by atoms with van der Waals surface area (Å²) in [7, 11) is 0. The molecule has 5 heteroatoms. The number of carbonyl (C=O) groups excluding carboxylic acids is 1. The molecular weight excluding hydrogens is 240 g/mol. The van der Waals surface area contributed by atoms with Crippen LogP contribution < -0.4 is 0 Å². The van der Waals surface area contributed by atoms with E-state index in [1.165, 1.54) is 25.9 Å². The zero-order chi connectivity index (χ0) is 13.2. The average molecular weight is 262 g/mol. The molecule has 1 amide bonds. The molecule has 0 spiro atoms. The molecule has 2 fully saturated rings. The third kappa shape index (κ3) is 2.66. The topological polar surface area (TPSA) is 52.2 Å². The van der Waals surface area contributed by atoms with Crippen LogP contribution in [0.25, 0.3) is 0 Å². The minimum atomic E-state index is 0.219. The van der Waals surface area contributed by atoms with Gasteiger partial charge in [-0.05, 0) is 39.3 Å². The normalized spacial score (nSPS) is 24.3. The van der Waals surface area contributed by atoms with Crippen molar-refractivity contribution in [2.45, 2.75) is 38.6 Å². The first-order chi connectivity index (χ1) is 9.24. The largest absolute Gasteiger partial charge is 0.348 e. The number of H-pyrrole nitrogens is 1. The maximum atomic E-state index is 12.3. The summed E-state index contributed by atoms with van der Waals surface area (Å²) in [6.07, 6.45) is 5.86. The number of amides is 1. The minimum Gasteiger partial charge on any atom is -0.348 e. The predicted octanol–water partition coefficient (Wildman–Crippen LogP) is 0.957. The SMILES string of the molecule is Cc1[nH]cnc1CC(=O)N1CCC(N2CCCC2)C1. The molecule has 104 valence electrons. The van der Waals surface area contributed by atoms with Gasteiger partial charge in [-0.2, -0.15) is 0 Å². The first-order valence-electron chi connectivity index (χ1n) is 7.24. The van der Waals surface area contributed by atoms with Crippen molar-refractivity contribution in [3.8, 4) is 0 Å². The summed E-state index contributed by atoms with van der Waals surface area (Å²) < 4.78 is 0. The summed E-state index contributed by atoms with van der Waals surface area (Å²) in [4.78, 5) is 24.1. The van der Waals surface area contributed by atoms with Gasteiger partial charge in [0.05, 0.1) is 18.4 Å². The fourth-order valence-electron chi connectivity index (χ4n) is 3.19. The maximum Gasteiger partial charge on any atom is 0.228 e. The molecule has 3 heterocycles. The lowest BCUT2D eigenvalue weighted by molar-refractivity contribution is -0.129. The number of carbonyl (C=O) groups is 1. The summed E-state index contributed by atoms with van der Waals surface area (Å²) in [6, 6.07) is 0.590. The molecule has 0 bridgehead atoms. The number of nitrogens with zero attached hydrogens (tertiary/aromatic N) is 3. The van der Waals surface area contributed by atoms with E-state index in [0.29, 0.717) is 12.5 Å². The quantitative estimate of drug-likeness (QED) is 0.882. The second-order valence-corrected chi connectivity index (χ2v) is 5.68. The van der Waals surface area contributed by atoms with Crippen LogP contribution in [-0.2, 0) is 11.2 Å². The van der Waals surface area contributed by atoms with Gasteiger partial charge in [-0.3, -0.25) is 9.69 Å². The number of imidazole rings is 1. The number of hydrogen-bond donors (Lipinski definition) is 1. The van der Waals surface area contributed by atoms with Gasteiger partial charge in [0.2, 0.25) is 5.91 Å². The highest BCUT2D eigenvalue weighted by atomic mass is 16.2. The van der Waals surface area contributed by atoms with Gasteiger partial charge in [-0.25, -0.2) is 4.98 Å². The van der Waals surface area contributed by atoms with Crippen molar-refractivity contribution in [2.24, 2.45) is 0 Å². The third-order valence-electron chi connectivity index (χ3n) is 4.43. The fourth-order valence-corrected chi connectivity index (χ4v) is 3.19. The van der Waals surface area contributed by atoms with Crippen molar-refractivity contribution < 1.29 is 4.79 Å². The van der Waals surface area contributed by atoms with Crippen LogP contribution >= 0.6 is 0 Å². The minimum absolute atomic E-state index is 0.219. The second kappa shape index (κ2) is 5.33. The van der Waals surface area contributed by atoms with Gasteiger partial charge in [0, 0.05) is 24.8 Å². The van der Waals surface area contributed by atoms with E-state index >= 15 is 0 Å². The highest BCUT2D eigenvalue weighted by molar-refractivity contribution is 5.78. The molecular formula is C14H22N4O. The molecule has 0 aromatic carbocycles. The first-order valence-corrected chi connectivity index (χ1v) is 7.24. The summed E-state index contributed by atoms with van der Waals surface area (Å²) in [6.45, 7) is 6.20. The summed E-state index contributed by atoms with van der Waals surface area (Å²) in [5.74, 6) is 0.219. The third-order valence-corrected chi connectivity index (χ3v) is 4.43. The lowest BCUT2D eigenvalue weighted by Gasteiger charge is -2.23. The summed E-state index contributed by atoms with van der Waals surface area (Å²) in [5.41, 5.74) is 1.89.